The minimum Gasteiger partial charge on any atom is -0.359 e. The highest BCUT2D eigenvalue weighted by Crippen LogP contribution is 2.44. The van der Waals surface area contributed by atoms with E-state index in [1.165, 1.54) is 5.57 Å². The Bertz CT molecular complexity index is 414. The fourth-order valence-electron chi connectivity index (χ4n) is 4.24. The van der Waals surface area contributed by atoms with E-state index in [2.05, 4.69) is 40.3 Å². The van der Waals surface area contributed by atoms with Crippen molar-refractivity contribution in [3.8, 4) is 0 Å². The molecule has 0 fully saturated rings. The molecule has 0 aromatic carbocycles. The predicted octanol–water partition coefficient (Wildman–Crippen LogP) is 4.66. The molecule has 0 aromatic heterocycles. The molecule has 4 nitrogen and oxygen atoms in total. The zero-order valence-electron chi connectivity index (χ0n) is 17.2. The van der Waals surface area contributed by atoms with E-state index in [-0.39, 0.29) is 19.2 Å². The van der Waals surface area contributed by atoms with Crippen LogP contribution in [0, 0.1) is 29.6 Å². The van der Waals surface area contributed by atoms with Gasteiger partial charge in [0.2, 0.25) is 0 Å². The number of ether oxygens (including phenoxy) is 4. The van der Waals surface area contributed by atoms with Crippen LogP contribution in [0.2, 0.25) is 0 Å². The molecule has 0 heterocycles. The molecule has 0 aromatic rings. The second kappa shape index (κ2) is 11.1. The molecular weight excluding hydrogens is 316 g/mol. The van der Waals surface area contributed by atoms with Crippen LogP contribution in [0.3, 0.4) is 0 Å². The largest absolute Gasteiger partial charge is 0.359 e. The van der Waals surface area contributed by atoms with E-state index in [0.29, 0.717) is 29.6 Å². The molecule has 146 valence electrons. The van der Waals surface area contributed by atoms with Crippen LogP contribution >= 0.6 is 0 Å². The summed E-state index contributed by atoms with van der Waals surface area (Å²) in [6.45, 7) is 13.3. The highest BCUT2D eigenvalue weighted by molar-refractivity contribution is 5.13. The third-order valence-corrected chi connectivity index (χ3v) is 5.69. The second-order valence-electron chi connectivity index (χ2n) is 7.60. The first-order chi connectivity index (χ1) is 11.9. The van der Waals surface area contributed by atoms with Crippen molar-refractivity contribution in [2.24, 2.45) is 29.6 Å². The molecule has 0 bridgehead atoms. The highest BCUT2D eigenvalue weighted by Gasteiger charge is 2.41. The molecule has 0 amide bonds. The van der Waals surface area contributed by atoms with E-state index < -0.39 is 0 Å². The van der Waals surface area contributed by atoms with Gasteiger partial charge in [0.1, 0.15) is 6.79 Å². The predicted molar refractivity (Wildman–Crippen MR) is 102 cm³/mol. The van der Waals surface area contributed by atoms with Crippen molar-refractivity contribution >= 4 is 0 Å². The van der Waals surface area contributed by atoms with Gasteiger partial charge in [-0.15, -0.1) is 6.58 Å². The zero-order valence-corrected chi connectivity index (χ0v) is 17.2. The van der Waals surface area contributed by atoms with Gasteiger partial charge in [0, 0.05) is 27.2 Å². The summed E-state index contributed by atoms with van der Waals surface area (Å²) >= 11 is 0. The Kier molecular flexibility index (Phi) is 9.95. The van der Waals surface area contributed by atoms with Crippen molar-refractivity contribution in [2.45, 2.75) is 52.9 Å². The average Bonchev–Trinajstić information content (AvgIpc) is 2.59. The van der Waals surface area contributed by atoms with E-state index in [4.69, 9.17) is 18.9 Å². The number of methoxy groups -OCH3 is 3. The monoisotopic (exact) mass is 354 g/mol. The molecule has 0 saturated carbocycles. The van der Waals surface area contributed by atoms with Gasteiger partial charge in [-0.2, -0.15) is 0 Å². The van der Waals surface area contributed by atoms with Crippen molar-refractivity contribution < 1.29 is 18.9 Å². The van der Waals surface area contributed by atoms with Crippen molar-refractivity contribution in [3.63, 3.8) is 0 Å². The summed E-state index contributed by atoms with van der Waals surface area (Å²) in [5.41, 5.74) is 1.43. The molecule has 25 heavy (non-hydrogen) atoms. The first-order valence-corrected chi connectivity index (χ1v) is 9.36. The maximum absolute atomic E-state index is 5.78. The lowest BCUT2D eigenvalue weighted by atomic mass is 9.65. The van der Waals surface area contributed by atoms with Crippen molar-refractivity contribution in [2.75, 3.05) is 28.1 Å². The average molecular weight is 355 g/mol. The molecule has 4 heteroatoms. The number of rotatable bonds is 11. The van der Waals surface area contributed by atoms with Crippen molar-refractivity contribution in [1.29, 1.82) is 0 Å². The third-order valence-electron chi connectivity index (χ3n) is 5.69. The van der Waals surface area contributed by atoms with Gasteiger partial charge in [0.15, 0.2) is 6.29 Å². The van der Waals surface area contributed by atoms with E-state index >= 15 is 0 Å². The summed E-state index contributed by atoms with van der Waals surface area (Å²) in [5, 5.41) is 0. The van der Waals surface area contributed by atoms with E-state index in [1.54, 1.807) is 21.3 Å². The molecule has 0 radical (unpaired) electrons. The molecule has 0 saturated heterocycles. The van der Waals surface area contributed by atoms with Crippen LogP contribution in [-0.2, 0) is 18.9 Å². The van der Waals surface area contributed by atoms with Gasteiger partial charge in [-0.25, -0.2) is 0 Å². The van der Waals surface area contributed by atoms with Crippen molar-refractivity contribution in [1.82, 2.24) is 0 Å². The first kappa shape index (κ1) is 22.4. The number of hydrogen-bond donors (Lipinski definition) is 0. The summed E-state index contributed by atoms with van der Waals surface area (Å²) in [4.78, 5) is 0. The second-order valence-corrected chi connectivity index (χ2v) is 7.60. The Hall–Kier alpha value is -0.680. The minimum atomic E-state index is -0.185. The lowest BCUT2D eigenvalue weighted by Gasteiger charge is -2.44. The lowest BCUT2D eigenvalue weighted by molar-refractivity contribution is -0.168. The Morgan fingerprint density at radius 1 is 1.20 bits per heavy atom. The molecule has 0 aliphatic heterocycles. The van der Waals surface area contributed by atoms with Gasteiger partial charge < -0.3 is 18.9 Å². The molecule has 0 spiro atoms. The van der Waals surface area contributed by atoms with Crippen LogP contribution in [0.4, 0.5) is 0 Å². The van der Waals surface area contributed by atoms with Crippen molar-refractivity contribution in [3.05, 3.63) is 24.3 Å². The highest BCUT2D eigenvalue weighted by atomic mass is 16.7. The van der Waals surface area contributed by atoms with E-state index in [1.807, 2.05) is 6.08 Å². The summed E-state index contributed by atoms with van der Waals surface area (Å²) in [5.74, 6) is 2.22. The summed E-state index contributed by atoms with van der Waals surface area (Å²) in [6, 6.07) is 0. The fraction of sp³-hybridized carbons (Fsp3) is 0.810. The SMILES string of the molecule is C=C[C@H](OCOC)[C@@H](C)C[C@H]1C(C)=CC[C@H](C(C)C)[C@H]1C(OC)OC. The molecule has 1 aliphatic carbocycles. The van der Waals surface area contributed by atoms with Gasteiger partial charge >= 0.3 is 0 Å². The lowest BCUT2D eigenvalue weighted by Crippen LogP contribution is -2.42. The topological polar surface area (TPSA) is 36.9 Å². The van der Waals surface area contributed by atoms with Gasteiger partial charge in [-0.3, -0.25) is 0 Å². The molecule has 1 aliphatic rings. The Labute approximate surface area is 154 Å². The fourth-order valence-corrected chi connectivity index (χ4v) is 4.24. The van der Waals surface area contributed by atoms with Gasteiger partial charge in [-0.1, -0.05) is 38.5 Å². The molecule has 0 N–H and O–H groups in total. The maximum Gasteiger partial charge on any atom is 0.160 e. The molecule has 5 atom stereocenters. The van der Waals surface area contributed by atoms with Crippen LogP contribution in [0.5, 0.6) is 0 Å². The normalized spacial score (nSPS) is 26.6. The first-order valence-electron chi connectivity index (χ1n) is 9.36. The van der Waals surface area contributed by atoms with Crippen LogP contribution in [0.1, 0.15) is 40.5 Å². The number of hydrogen-bond acceptors (Lipinski definition) is 4. The number of allylic oxidation sites excluding steroid dienone is 2. The zero-order chi connectivity index (χ0) is 19.0. The maximum atomic E-state index is 5.78. The van der Waals surface area contributed by atoms with Crippen LogP contribution in [0.15, 0.2) is 24.3 Å². The quantitative estimate of drug-likeness (QED) is 0.399. The molecular formula is C21H38O4. The Morgan fingerprint density at radius 2 is 1.84 bits per heavy atom. The van der Waals surface area contributed by atoms with Gasteiger partial charge in [-0.05, 0) is 43.4 Å². The van der Waals surface area contributed by atoms with E-state index in [9.17, 15) is 0 Å². The standard InChI is InChI=1S/C21H38O4/c1-9-19(25-13-22-6)16(5)12-18-15(4)10-11-17(14(2)3)20(18)21(23-7)24-8/h9-10,14,16-21H,1,11-13H2,2-8H3/t16-,17+,18-,19-,20+/m0/s1. The van der Waals surface area contributed by atoms with Gasteiger partial charge in [0.25, 0.3) is 0 Å². The van der Waals surface area contributed by atoms with Crippen LogP contribution < -0.4 is 0 Å². The molecule has 1 rings (SSSR count). The summed E-state index contributed by atoms with van der Waals surface area (Å²) in [6.07, 6.45) is 6.18. The Morgan fingerprint density at radius 3 is 2.32 bits per heavy atom. The molecule has 0 unspecified atom stereocenters. The van der Waals surface area contributed by atoms with Gasteiger partial charge in [0.05, 0.1) is 6.10 Å². The minimum absolute atomic E-state index is 0.0173. The summed E-state index contributed by atoms with van der Waals surface area (Å²) < 4.78 is 22.3. The van der Waals surface area contributed by atoms with E-state index in [0.717, 1.165) is 12.8 Å². The summed E-state index contributed by atoms with van der Waals surface area (Å²) in [7, 11) is 5.13. The van der Waals surface area contributed by atoms with Crippen LogP contribution in [0.25, 0.3) is 0 Å². The third kappa shape index (κ3) is 5.92. The Balaban J connectivity index is 3.02. The van der Waals surface area contributed by atoms with Crippen LogP contribution in [-0.4, -0.2) is 40.5 Å². The smallest absolute Gasteiger partial charge is 0.160 e.